The minimum absolute atomic E-state index is 0.114. The van der Waals surface area contributed by atoms with Gasteiger partial charge in [0.2, 0.25) is 0 Å². The lowest BCUT2D eigenvalue weighted by atomic mass is 9.71. The summed E-state index contributed by atoms with van der Waals surface area (Å²) in [6.45, 7) is 8.79. The highest BCUT2D eigenvalue weighted by Gasteiger charge is 2.34. The Balaban J connectivity index is 2.13. The zero-order valence-electron chi connectivity index (χ0n) is 10.8. The zero-order valence-corrected chi connectivity index (χ0v) is 11.6. The number of para-hydroxylation sites is 1. The zero-order chi connectivity index (χ0) is 12.8. The van der Waals surface area contributed by atoms with E-state index in [9.17, 15) is 0 Å². The maximum atomic E-state index is 4.81. The fourth-order valence-electron chi connectivity index (χ4n) is 2.76. The maximum Gasteiger partial charge on any atom is 0.102 e. The Morgan fingerprint density at radius 1 is 1.33 bits per heavy atom. The molecule has 2 aromatic rings. The van der Waals surface area contributed by atoms with E-state index in [1.807, 2.05) is 6.07 Å². The summed E-state index contributed by atoms with van der Waals surface area (Å²) < 4.78 is 1.27. The lowest BCUT2D eigenvalue weighted by Gasteiger charge is -2.34. The molecule has 1 unspecified atom stereocenters. The van der Waals surface area contributed by atoms with Crippen molar-refractivity contribution in [3.05, 3.63) is 53.6 Å². The molecule has 92 valence electrons. The third-order valence-corrected chi connectivity index (χ3v) is 4.74. The normalized spacial score (nSPS) is 22.6. The summed E-state index contributed by atoms with van der Waals surface area (Å²) in [5.74, 6) is 0.347. The molecule has 0 saturated heterocycles. The molecule has 18 heavy (non-hydrogen) atoms. The number of rotatable bonds is 1. The van der Waals surface area contributed by atoms with Crippen LogP contribution < -0.4 is 0 Å². The fourth-order valence-corrected chi connectivity index (χ4v) is 4.08. The first-order chi connectivity index (χ1) is 8.58. The first-order valence-electron chi connectivity index (χ1n) is 6.29. The van der Waals surface area contributed by atoms with Crippen LogP contribution in [0.5, 0.6) is 0 Å². The van der Waals surface area contributed by atoms with Crippen LogP contribution in [-0.2, 0) is 0 Å². The highest BCUT2D eigenvalue weighted by molar-refractivity contribution is 7.18. The van der Waals surface area contributed by atoms with Crippen molar-refractivity contribution in [3.8, 4) is 0 Å². The van der Waals surface area contributed by atoms with E-state index in [1.54, 1.807) is 11.3 Å². The van der Waals surface area contributed by atoms with Crippen molar-refractivity contribution in [1.29, 1.82) is 0 Å². The van der Waals surface area contributed by atoms with E-state index < -0.39 is 0 Å². The number of hydrogen-bond donors (Lipinski definition) is 0. The van der Waals surface area contributed by atoms with Gasteiger partial charge in [0.25, 0.3) is 0 Å². The molecule has 0 saturated carbocycles. The van der Waals surface area contributed by atoms with Gasteiger partial charge in [-0.3, -0.25) is 0 Å². The quantitative estimate of drug-likeness (QED) is 0.659. The largest absolute Gasteiger partial charge is 0.241 e. The second kappa shape index (κ2) is 4.06. The van der Waals surface area contributed by atoms with Crippen LogP contribution in [0.3, 0.4) is 0 Å². The average molecular weight is 255 g/mol. The molecule has 1 aliphatic rings. The van der Waals surface area contributed by atoms with Crippen LogP contribution in [0.1, 0.15) is 31.2 Å². The van der Waals surface area contributed by atoms with E-state index >= 15 is 0 Å². The Hall–Kier alpha value is -1.41. The predicted octanol–water partition coefficient (Wildman–Crippen LogP) is 4.92. The van der Waals surface area contributed by atoms with Gasteiger partial charge in [-0.05, 0) is 24.0 Å². The van der Waals surface area contributed by atoms with Gasteiger partial charge in [-0.1, -0.05) is 50.3 Å². The summed E-state index contributed by atoms with van der Waals surface area (Å²) in [5, 5.41) is 1.20. The summed E-state index contributed by atoms with van der Waals surface area (Å²) >= 11 is 1.80. The van der Waals surface area contributed by atoms with Crippen molar-refractivity contribution in [3.63, 3.8) is 0 Å². The summed E-state index contributed by atoms with van der Waals surface area (Å²) in [6.07, 6.45) is 5.51. The minimum Gasteiger partial charge on any atom is -0.241 e. The lowest BCUT2D eigenvalue weighted by Crippen LogP contribution is -2.24. The Kier molecular flexibility index (Phi) is 2.63. The average Bonchev–Trinajstić information content (AvgIpc) is 2.70. The second-order valence-electron chi connectivity index (χ2n) is 5.54. The van der Waals surface area contributed by atoms with E-state index in [1.165, 1.54) is 15.3 Å². The van der Waals surface area contributed by atoms with Crippen molar-refractivity contribution in [2.45, 2.75) is 26.2 Å². The van der Waals surface area contributed by atoms with E-state index in [2.05, 4.69) is 50.8 Å². The van der Waals surface area contributed by atoms with Crippen LogP contribution in [0.15, 0.2) is 48.6 Å². The fraction of sp³-hybridized carbons (Fsp3) is 0.312. The molecule has 1 atom stereocenters. The SMILES string of the molecule is C=C1CC=CC(C)(C)C1c1nc2ccccc2s1. The summed E-state index contributed by atoms with van der Waals surface area (Å²) in [6, 6.07) is 8.35. The topological polar surface area (TPSA) is 12.9 Å². The molecule has 1 nitrogen and oxygen atoms in total. The van der Waals surface area contributed by atoms with Gasteiger partial charge in [-0.15, -0.1) is 11.3 Å². The molecule has 1 aliphatic carbocycles. The molecule has 1 heterocycles. The molecule has 1 aromatic heterocycles. The van der Waals surface area contributed by atoms with Crippen LogP contribution in [0, 0.1) is 5.41 Å². The molecular weight excluding hydrogens is 238 g/mol. The highest BCUT2D eigenvalue weighted by Crippen LogP contribution is 2.47. The van der Waals surface area contributed by atoms with Gasteiger partial charge in [-0.25, -0.2) is 4.98 Å². The van der Waals surface area contributed by atoms with Gasteiger partial charge in [0.15, 0.2) is 0 Å². The van der Waals surface area contributed by atoms with Crippen LogP contribution in [0.4, 0.5) is 0 Å². The van der Waals surface area contributed by atoms with Crippen molar-refractivity contribution in [2.75, 3.05) is 0 Å². The first kappa shape index (κ1) is 11.7. The number of aromatic nitrogens is 1. The summed E-state index contributed by atoms with van der Waals surface area (Å²) in [4.78, 5) is 4.81. The Morgan fingerprint density at radius 2 is 2.11 bits per heavy atom. The third kappa shape index (κ3) is 1.81. The number of nitrogens with zero attached hydrogens (tertiary/aromatic N) is 1. The van der Waals surface area contributed by atoms with Gasteiger partial charge < -0.3 is 0 Å². The molecule has 0 amide bonds. The molecule has 0 N–H and O–H groups in total. The maximum absolute atomic E-state index is 4.81. The van der Waals surface area contributed by atoms with Crippen molar-refractivity contribution in [2.24, 2.45) is 5.41 Å². The molecule has 0 fully saturated rings. The molecule has 0 spiro atoms. The number of allylic oxidation sites excluding steroid dienone is 3. The molecule has 0 bridgehead atoms. The van der Waals surface area contributed by atoms with E-state index in [0.29, 0.717) is 5.92 Å². The van der Waals surface area contributed by atoms with Crippen LogP contribution in [0.25, 0.3) is 10.2 Å². The number of hydrogen-bond acceptors (Lipinski definition) is 2. The van der Waals surface area contributed by atoms with Gasteiger partial charge in [0.1, 0.15) is 5.01 Å². The minimum atomic E-state index is 0.114. The van der Waals surface area contributed by atoms with Crippen LogP contribution in [0.2, 0.25) is 0 Å². The molecule has 2 heteroatoms. The monoisotopic (exact) mass is 255 g/mol. The Bertz CT molecular complexity index is 600. The van der Waals surface area contributed by atoms with Crippen molar-refractivity contribution in [1.82, 2.24) is 4.98 Å². The van der Waals surface area contributed by atoms with Crippen LogP contribution in [-0.4, -0.2) is 4.98 Å². The van der Waals surface area contributed by atoms with Crippen molar-refractivity contribution >= 4 is 21.6 Å². The third-order valence-electron chi connectivity index (χ3n) is 3.64. The van der Waals surface area contributed by atoms with Gasteiger partial charge in [-0.2, -0.15) is 0 Å². The molecule has 0 aliphatic heterocycles. The lowest BCUT2D eigenvalue weighted by molar-refractivity contribution is 0.396. The predicted molar refractivity (Wildman–Crippen MR) is 79.0 cm³/mol. The smallest absolute Gasteiger partial charge is 0.102 e. The van der Waals surface area contributed by atoms with Gasteiger partial charge in [0.05, 0.1) is 10.2 Å². The van der Waals surface area contributed by atoms with Gasteiger partial charge >= 0.3 is 0 Å². The number of fused-ring (bicyclic) bond motifs is 1. The molecular formula is C16H17NS. The summed E-state index contributed by atoms with van der Waals surface area (Å²) in [5.41, 5.74) is 2.50. The van der Waals surface area contributed by atoms with Crippen molar-refractivity contribution < 1.29 is 0 Å². The molecule has 3 rings (SSSR count). The van der Waals surface area contributed by atoms with Crippen LogP contribution >= 0.6 is 11.3 Å². The Morgan fingerprint density at radius 3 is 2.83 bits per heavy atom. The number of thiazole rings is 1. The number of benzene rings is 1. The summed E-state index contributed by atoms with van der Waals surface area (Å²) in [7, 11) is 0. The van der Waals surface area contributed by atoms with Gasteiger partial charge in [0, 0.05) is 5.92 Å². The van der Waals surface area contributed by atoms with E-state index in [0.717, 1.165) is 11.9 Å². The Labute approximate surface area is 112 Å². The second-order valence-corrected chi connectivity index (χ2v) is 6.60. The first-order valence-corrected chi connectivity index (χ1v) is 7.10. The van der Waals surface area contributed by atoms with E-state index in [4.69, 9.17) is 4.98 Å². The van der Waals surface area contributed by atoms with E-state index in [-0.39, 0.29) is 5.41 Å². The highest BCUT2D eigenvalue weighted by atomic mass is 32.1. The standard InChI is InChI=1S/C16H17NS/c1-11-7-6-10-16(2,3)14(11)15-17-12-8-4-5-9-13(12)18-15/h4-6,8-10,14H,1,7H2,2-3H3. The molecule has 1 aromatic carbocycles. The molecule has 0 radical (unpaired) electrons.